The molecule has 0 amide bonds. The molecule has 0 aromatic heterocycles. The van der Waals surface area contributed by atoms with E-state index in [-0.39, 0.29) is 11.4 Å². The first-order valence-electron chi connectivity index (χ1n) is 4.36. The Kier molecular flexibility index (Phi) is 3.38. The van der Waals surface area contributed by atoms with Gasteiger partial charge in [-0.3, -0.25) is 9.52 Å². The minimum absolute atomic E-state index is 0.108. The van der Waals surface area contributed by atoms with Crippen molar-refractivity contribution >= 4 is 21.7 Å². The fourth-order valence-electron chi connectivity index (χ4n) is 0.955. The molecular weight excluding hydrogens is 234 g/mol. The molecule has 1 atom stereocenters. The van der Waals surface area contributed by atoms with Crippen LogP contribution in [0.15, 0.2) is 24.3 Å². The van der Waals surface area contributed by atoms with Gasteiger partial charge in [0.1, 0.15) is 5.75 Å². The van der Waals surface area contributed by atoms with E-state index in [1.54, 1.807) is 0 Å². The molecular formula is C9H11NO5S. The van der Waals surface area contributed by atoms with Gasteiger partial charge >= 0.3 is 5.97 Å². The van der Waals surface area contributed by atoms with Crippen molar-refractivity contribution < 1.29 is 23.4 Å². The van der Waals surface area contributed by atoms with Crippen LogP contribution in [0, 0.1) is 0 Å². The number of benzene rings is 1. The molecule has 0 bridgehead atoms. The molecule has 1 rings (SSSR count). The Morgan fingerprint density at radius 1 is 1.44 bits per heavy atom. The Balaban J connectivity index is 2.93. The molecule has 0 aliphatic rings. The number of rotatable bonds is 4. The lowest BCUT2D eigenvalue weighted by molar-refractivity contribution is -0.136. The first kappa shape index (κ1) is 12.3. The number of carboxylic acid groups (broad SMARTS) is 1. The van der Waals surface area contributed by atoms with E-state index in [0.29, 0.717) is 0 Å². The van der Waals surface area contributed by atoms with Gasteiger partial charge in [-0.2, -0.15) is 0 Å². The summed E-state index contributed by atoms with van der Waals surface area (Å²) < 4.78 is 25.0. The molecule has 88 valence electrons. The molecule has 0 spiro atoms. The van der Waals surface area contributed by atoms with Gasteiger partial charge in [-0.05, 0) is 19.1 Å². The van der Waals surface area contributed by atoms with Crippen LogP contribution < -0.4 is 4.72 Å². The van der Waals surface area contributed by atoms with E-state index in [9.17, 15) is 13.2 Å². The number of aromatic hydroxyl groups is 1. The molecule has 16 heavy (non-hydrogen) atoms. The van der Waals surface area contributed by atoms with E-state index in [1.165, 1.54) is 24.3 Å². The summed E-state index contributed by atoms with van der Waals surface area (Å²) in [6, 6.07) is 5.41. The van der Waals surface area contributed by atoms with Crippen molar-refractivity contribution in [2.45, 2.75) is 12.2 Å². The summed E-state index contributed by atoms with van der Waals surface area (Å²) in [5.74, 6) is -1.55. The van der Waals surface area contributed by atoms with Gasteiger partial charge in [0, 0.05) is 6.07 Å². The molecule has 0 aliphatic heterocycles. The molecule has 0 saturated heterocycles. The van der Waals surface area contributed by atoms with Crippen LogP contribution in [0.4, 0.5) is 5.69 Å². The van der Waals surface area contributed by atoms with Crippen LogP contribution in [-0.2, 0) is 14.8 Å². The third-order valence-electron chi connectivity index (χ3n) is 1.92. The van der Waals surface area contributed by atoms with Gasteiger partial charge in [0.15, 0.2) is 5.25 Å². The van der Waals surface area contributed by atoms with Crippen molar-refractivity contribution in [3.8, 4) is 5.75 Å². The fraction of sp³-hybridized carbons (Fsp3) is 0.222. The first-order valence-corrected chi connectivity index (χ1v) is 5.91. The number of sulfonamides is 1. The molecule has 0 fully saturated rings. The zero-order valence-electron chi connectivity index (χ0n) is 8.41. The lowest BCUT2D eigenvalue weighted by Gasteiger charge is -2.11. The second-order valence-electron chi connectivity index (χ2n) is 3.18. The maximum absolute atomic E-state index is 11.5. The van der Waals surface area contributed by atoms with Gasteiger partial charge in [0.05, 0.1) is 5.69 Å². The quantitative estimate of drug-likeness (QED) is 0.721. The Bertz CT molecular complexity index is 496. The molecule has 0 aliphatic carbocycles. The third-order valence-corrected chi connectivity index (χ3v) is 3.57. The number of phenols is 1. The van der Waals surface area contributed by atoms with Crippen LogP contribution in [0.5, 0.6) is 5.75 Å². The summed E-state index contributed by atoms with van der Waals surface area (Å²) in [5.41, 5.74) is 0.119. The minimum Gasteiger partial charge on any atom is -0.508 e. The first-order chi connectivity index (χ1) is 7.33. The van der Waals surface area contributed by atoms with Gasteiger partial charge in [-0.15, -0.1) is 0 Å². The average molecular weight is 245 g/mol. The highest BCUT2D eigenvalue weighted by Crippen LogP contribution is 2.17. The van der Waals surface area contributed by atoms with Crippen molar-refractivity contribution in [3.05, 3.63) is 24.3 Å². The van der Waals surface area contributed by atoms with E-state index in [1.807, 2.05) is 0 Å². The number of carbonyl (C=O) groups is 1. The summed E-state index contributed by atoms with van der Waals surface area (Å²) in [6.07, 6.45) is 0. The van der Waals surface area contributed by atoms with Crippen LogP contribution >= 0.6 is 0 Å². The van der Waals surface area contributed by atoms with E-state index < -0.39 is 21.2 Å². The molecule has 1 aromatic carbocycles. The molecule has 0 radical (unpaired) electrons. The van der Waals surface area contributed by atoms with Crippen LogP contribution in [0.2, 0.25) is 0 Å². The number of anilines is 1. The van der Waals surface area contributed by atoms with Crippen molar-refractivity contribution in [2.24, 2.45) is 0 Å². The van der Waals surface area contributed by atoms with Gasteiger partial charge in [0.2, 0.25) is 10.0 Å². The molecule has 6 nitrogen and oxygen atoms in total. The SMILES string of the molecule is CC(C(=O)O)S(=O)(=O)Nc1cccc(O)c1. The fourth-order valence-corrected chi connectivity index (χ4v) is 1.85. The van der Waals surface area contributed by atoms with Gasteiger partial charge in [0.25, 0.3) is 0 Å². The number of aliphatic carboxylic acids is 1. The topological polar surface area (TPSA) is 104 Å². The zero-order valence-corrected chi connectivity index (χ0v) is 9.23. The summed E-state index contributed by atoms with van der Waals surface area (Å²) in [5, 5.41) is 16.1. The maximum atomic E-state index is 11.5. The van der Waals surface area contributed by atoms with Crippen LogP contribution in [0.25, 0.3) is 0 Å². The van der Waals surface area contributed by atoms with Crippen LogP contribution in [0.1, 0.15) is 6.92 Å². The molecule has 0 saturated carbocycles. The summed E-state index contributed by atoms with van der Waals surface area (Å²) in [7, 11) is -3.99. The zero-order chi connectivity index (χ0) is 12.3. The Labute approximate surface area is 92.6 Å². The van der Waals surface area contributed by atoms with E-state index in [2.05, 4.69) is 4.72 Å². The van der Waals surface area contributed by atoms with Crippen molar-refractivity contribution in [1.82, 2.24) is 0 Å². The highest BCUT2D eigenvalue weighted by molar-refractivity contribution is 7.94. The van der Waals surface area contributed by atoms with Crippen LogP contribution in [-0.4, -0.2) is 29.9 Å². The van der Waals surface area contributed by atoms with Crippen molar-refractivity contribution in [1.29, 1.82) is 0 Å². The third kappa shape index (κ3) is 2.86. The van der Waals surface area contributed by atoms with Crippen molar-refractivity contribution in [2.75, 3.05) is 4.72 Å². The van der Waals surface area contributed by atoms with Crippen molar-refractivity contribution in [3.63, 3.8) is 0 Å². The molecule has 1 unspecified atom stereocenters. The summed E-state index contributed by atoms with van der Waals surface area (Å²) in [4.78, 5) is 10.5. The second-order valence-corrected chi connectivity index (χ2v) is 5.18. The van der Waals surface area contributed by atoms with Gasteiger partial charge in [-0.25, -0.2) is 8.42 Å². The van der Waals surface area contributed by atoms with Crippen LogP contribution in [0.3, 0.4) is 0 Å². The normalized spacial score (nSPS) is 13.1. The maximum Gasteiger partial charge on any atom is 0.323 e. The largest absolute Gasteiger partial charge is 0.508 e. The number of carboxylic acids is 1. The van der Waals surface area contributed by atoms with E-state index in [4.69, 9.17) is 10.2 Å². The van der Waals surface area contributed by atoms with Gasteiger partial charge < -0.3 is 10.2 Å². The molecule has 7 heteroatoms. The minimum atomic E-state index is -3.99. The van der Waals surface area contributed by atoms with Gasteiger partial charge in [-0.1, -0.05) is 6.07 Å². The molecule has 0 heterocycles. The lowest BCUT2D eigenvalue weighted by atomic mass is 10.3. The number of phenolic OH excluding ortho intramolecular Hbond substituents is 1. The number of nitrogens with one attached hydrogen (secondary N) is 1. The highest BCUT2D eigenvalue weighted by Gasteiger charge is 2.27. The summed E-state index contributed by atoms with van der Waals surface area (Å²) >= 11 is 0. The predicted molar refractivity (Wildman–Crippen MR) is 57.7 cm³/mol. The van der Waals surface area contributed by atoms with E-state index >= 15 is 0 Å². The molecule has 3 N–H and O–H groups in total. The number of hydrogen-bond acceptors (Lipinski definition) is 4. The summed E-state index contributed by atoms with van der Waals surface area (Å²) in [6.45, 7) is 1.06. The lowest BCUT2D eigenvalue weighted by Crippen LogP contribution is -2.32. The average Bonchev–Trinajstić information content (AvgIpc) is 2.15. The highest BCUT2D eigenvalue weighted by atomic mass is 32.2. The predicted octanol–water partition coefficient (Wildman–Crippen LogP) is 0.607. The Morgan fingerprint density at radius 3 is 2.56 bits per heavy atom. The Hall–Kier alpha value is -1.76. The Morgan fingerprint density at radius 2 is 2.06 bits per heavy atom. The number of hydrogen-bond donors (Lipinski definition) is 3. The standard InChI is InChI=1S/C9H11NO5S/c1-6(9(12)13)16(14,15)10-7-3-2-4-8(11)5-7/h2-6,10-11H,1H3,(H,12,13). The molecule has 1 aromatic rings. The van der Waals surface area contributed by atoms with E-state index in [0.717, 1.165) is 6.92 Å². The smallest absolute Gasteiger partial charge is 0.323 e. The monoisotopic (exact) mass is 245 g/mol. The second kappa shape index (κ2) is 4.40.